The van der Waals surface area contributed by atoms with E-state index >= 15 is 0 Å². The topological polar surface area (TPSA) is 55.1 Å². The summed E-state index contributed by atoms with van der Waals surface area (Å²) in [7, 11) is 0. The average molecular weight is 362 g/mol. The minimum Gasteiger partial charge on any atom is -0.354 e. The SMILES string of the molecule is CC(C)(C(=O)NCC(N)C1CC1)c1cccc(Br)c1.Cl. The van der Waals surface area contributed by atoms with Crippen molar-refractivity contribution in [3.63, 3.8) is 0 Å². The molecule has 1 fully saturated rings. The van der Waals surface area contributed by atoms with Crippen LogP contribution in [0.25, 0.3) is 0 Å². The summed E-state index contributed by atoms with van der Waals surface area (Å²) < 4.78 is 0.987. The third-order valence-corrected chi connectivity index (χ3v) is 4.33. The molecule has 1 amide bonds. The molecule has 3 N–H and O–H groups in total. The normalized spacial score (nSPS) is 16.2. The molecule has 1 aliphatic rings. The van der Waals surface area contributed by atoms with E-state index in [1.807, 2.05) is 38.1 Å². The molecule has 0 aliphatic heterocycles. The van der Waals surface area contributed by atoms with Crippen LogP contribution in [0.15, 0.2) is 28.7 Å². The van der Waals surface area contributed by atoms with E-state index in [2.05, 4.69) is 21.2 Å². The predicted molar refractivity (Wildman–Crippen MR) is 88.1 cm³/mol. The lowest BCUT2D eigenvalue weighted by Gasteiger charge is -2.25. The summed E-state index contributed by atoms with van der Waals surface area (Å²) in [6.07, 6.45) is 2.40. The third kappa shape index (κ3) is 4.21. The van der Waals surface area contributed by atoms with Crippen LogP contribution in [0.3, 0.4) is 0 Å². The molecular weight excluding hydrogens is 340 g/mol. The van der Waals surface area contributed by atoms with Gasteiger partial charge in [-0.25, -0.2) is 0 Å². The average Bonchev–Trinajstić information content (AvgIpc) is 3.19. The van der Waals surface area contributed by atoms with Crippen molar-refractivity contribution in [2.45, 2.75) is 38.1 Å². The van der Waals surface area contributed by atoms with Gasteiger partial charge in [0.2, 0.25) is 5.91 Å². The second kappa shape index (κ2) is 6.92. The van der Waals surface area contributed by atoms with Gasteiger partial charge < -0.3 is 11.1 Å². The maximum Gasteiger partial charge on any atom is 0.230 e. The van der Waals surface area contributed by atoms with Gasteiger partial charge in [0.15, 0.2) is 0 Å². The molecule has 0 heterocycles. The Morgan fingerprint density at radius 1 is 1.50 bits per heavy atom. The molecule has 0 radical (unpaired) electrons. The van der Waals surface area contributed by atoms with Crippen LogP contribution in [-0.4, -0.2) is 18.5 Å². The van der Waals surface area contributed by atoms with E-state index in [1.54, 1.807) is 0 Å². The lowest BCUT2D eigenvalue weighted by Crippen LogP contribution is -2.45. The number of benzene rings is 1. The Morgan fingerprint density at radius 2 is 2.15 bits per heavy atom. The lowest BCUT2D eigenvalue weighted by atomic mass is 9.83. The van der Waals surface area contributed by atoms with E-state index in [9.17, 15) is 4.79 Å². The van der Waals surface area contributed by atoms with Gasteiger partial charge in [-0.2, -0.15) is 0 Å². The highest BCUT2D eigenvalue weighted by Crippen LogP contribution is 2.31. The quantitative estimate of drug-likeness (QED) is 0.847. The van der Waals surface area contributed by atoms with E-state index < -0.39 is 5.41 Å². The van der Waals surface area contributed by atoms with Gasteiger partial charge in [0, 0.05) is 17.1 Å². The van der Waals surface area contributed by atoms with E-state index in [0.717, 1.165) is 10.0 Å². The van der Waals surface area contributed by atoms with Crippen LogP contribution < -0.4 is 11.1 Å². The fourth-order valence-electron chi connectivity index (χ4n) is 2.13. The van der Waals surface area contributed by atoms with E-state index in [0.29, 0.717) is 12.5 Å². The van der Waals surface area contributed by atoms with Crippen molar-refractivity contribution in [1.82, 2.24) is 5.32 Å². The maximum atomic E-state index is 12.3. The van der Waals surface area contributed by atoms with Gasteiger partial charge >= 0.3 is 0 Å². The summed E-state index contributed by atoms with van der Waals surface area (Å²) in [5.41, 5.74) is 6.46. The van der Waals surface area contributed by atoms with Gasteiger partial charge in [0.05, 0.1) is 5.41 Å². The molecule has 1 saturated carbocycles. The zero-order valence-corrected chi connectivity index (χ0v) is 14.3. The standard InChI is InChI=1S/C15H21BrN2O.ClH/c1-15(2,11-4-3-5-12(16)8-11)14(19)18-9-13(17)10-6-7-10;/h3-5,8,10,13H,6-7,9,17H2,1-2H3,(H,18,19);1H. The molecule has 1 aromatic carbocycles. The summed E-state index contributed by atoms with van der Waals surface area (Å²) in [6.45, 7) is 4.44. The molecular formula is C15H22BrClN2O. The Kier molecular flexibility index (Phi) is 6.05. The van der Waals surface area contributed by atoms with Crippen LogP contribution in [0.1, 0.15) is 32.3 Å². The van der Waals surface area contributed by atoms with Crippen molar-refractivity contribution in [2.24, 2.45) is 11.7 Å². The van der Waals surface area contributed by atoms with Crippen molar-refractivity contribution in [3.8, 4) is 0 Å². The van der Waals surface area contributed by atoms with Crippen molar-refractivity contribution in [2.75, 3.05) is 6.54 Å². The summed E-state index contributed by atoms with van der Waals surface area (Å²) in [5, 5.41) is 2.98. The summed E-state index contributed by atoms with van der Waals surface area (Å²) >= 11 is 3.44. The first-order chi connectivity index (χ1) is 8.91. The van der Waals surface area contributed by atoms with Crippen molar-refractivity contribution >= 4 is 34.2 Å². The fourth-order valence-corrected chi connectivity index (χ4v) is 2.53. The number of hydrogen-bond donors (Lipinski definition) is 2. The van der Waals surface area contributed by atoms with Crippen LogP contribution in [0.5, 0.6) is 0 Å². The number of amides is 1. The minimum absolute atomic E-state index is 0. The fraction of sp³-hybridized carbons (Fsp3) is 0.533. The highest BCUT2D eigenvalue weighted by atomic mass is 79.9. The lowest BCUT2D eigenvalue weighted by molar-refractivity contribution is -0.125. The largest absolute Gasteiger partial charge is 0.354 e. The van der Waals surface area contributed by atoms with Gasteiger partial charge in [-0.1, -0.05) is 28.1 Å². The number of hydrogen-bond acceptors (Lipinski definition) is 2. The van der Waals surface area contributed by atoms with Gasteiger partial charge in [-0.3, -0.25) is 4.79 Å². The molecule has 1 atom stereocenters. The maximum absolute atomic E-state index is 12.3. The highest BCUT2D eigenvalue weighted by Gasteiger charge is 2.32. The molecule has 1 aliphatic carbocycles. The highest BCUT2D eigenvalue weighted by molar-refractivity contribution is 9.10. The summed E-state index contributed by atoms with van der Waals surface area (Å²) in [4.78, 5) is 12.3. The first kappa shape index (κ1) is 17.5. The second-order valence-corrected chi connectivity index (χ2v) is 6.76. The van der Waals surface area contributed by atoms with Gasteiger partial charge in [0.25, 0.3) is 0 Å². The molecule has 0 saturated heterocycles. The monoisotopic (exact) mass is 360 g/mol. The number of rotatable bonds is 5. The number of carbonyl (C=O) groups is 1. The Balaban J connectivity index is 0.00000200. The van der Waals surface area contributed by atoms with Crippen molar-refractivity contribution < 1.29 is 4.79 Å². The number of carbonyl (C=O) groups excluding carboxylic acids is 1. The Labute approximate surface area is 135 Å². The van der Waals surface area contributed by atoms with Crippen LogP contribution in [0.4, 0.5) is 0 Å². The summed E-state index contributed by atoms with van der Waals surface area (Å²) in [5.74, 6) is 0.635. The van der Waals surface area contributed by atoms with Crippen molar-refractivity contribution in [3.05, 3.63) is 34.3 Å². The smallest absolute Gasteiger partial charge is 0.230 e. The second-order valence-electron chi connectivity index (χ2n) is 5.85. The molecule has 0 aromatic heterocycles. The van der Waals surface area contributed by atoms with E-state index in [-0.39, 0.29) is 24.4 Å². The van der Waals surface area contributed by atoms with E-state index in [1.165, 1.54) is 12.8 Å². The Morgan fingerprint density at radius 3 is 2.70 bits per heavy atom. The molecule has 3 nitrogen and oxygen atoms in total. The molecule has 1 aromatic rings. The molecule has 5 heteroatoms. The first-order valence-electron chi connectivity index (χ1n) is 6.71. The molecule has 112 valence electrons. The van der Waals surface area contributed by atoms with Crippen LogP contribution in [0, 0.1) is 5.92 Å². The molecule has 0 bridgehead atoms. The van der Waals surface area contributed by atoms with Crippen LogP contribution in [-0.2, 0) is 10.2 Å². The first-order valence-corrected chi connectivity index (χ1v) is 7.50. The predicted octanol–water partition coefficient (Wildman–Crippen LogP) is 3.00. The zero-order valence-electron chi connectivity index (χ0n) is 11.9. The van der Waals surface area contributed by atoms with Gasteiger partial charge in [-0.15, -0.1) is 12.4 Å². The summed E-state index contributed by atoms with van der Waals surface area (Å²) in [6, 6.07) is 7.97. The number of halogens is 2. The van der Waals surface area contributed by atoms with Crippen molar-refractivity contribution in [1.29, 1.82) is 0 Å². The molecule has 20 heavy (non-hydrogen) atoms. The van der Waals surface area contributed by atoms with Crippen LogP contribution >= 0.6 is 28.3 Å². The molecule has 1 unspecified atom stereocenters. The number of nitrogens with two attached hydrogens (primary N) is 1. The van der Waals surface area contributed by atoms with Gasteiger partial charge in [0.1, 0.15) is 0 Å². The Bertz CT molecular complexity index is 475. The van der Waals surface area contributed by atoms with Gasteiger partial charge in [-0.05, 0) is 50.3 Å². The number of nitrogens with one attached hydrogen (secondary N) is 1. The van der Waals surface area contributed by atoms with Crippen LogP contribution in [0.2, 0.25) is 0 Å². The molecule has 2 rings (SSSR count). The zero-order chi connectivity index (χ0) is 14.0. The molecule has 0 spiro atoms. The Hall–Kier alpha value is -0.580. The third-order valence-electron chi connectivity index (χ3n) is 3.84. The minimum atomic E-state index is -0.549. The van der Waals surface area contributed by atoms with E-state index in [4.69, 9.17) is 5.73 Å².